The summed E-state index contributed by atoms with van der Waals surface area (Å²) in [6.07, 6.45) is 3.23. The molecule has 134 valence electrons. The van der Waals surface area contributed by atoms with Crippen molar-refractivity contribution >= 4 is 34.4 Å². The molecule has 0 unspecified atom stereocenters. The van der Waals surface area contributed by atoms with E-state index in [1.807, 2.05) is 11.4 Å². The second kappa shape index (κ2) is 7.13. The van der Waals surface area contributed by atoms with E-state index < -0.39 is 5.91 Å². The van der Waals surface area contributed by atoms with Crippen molar-refractivity contribution in [1.82, 2.24) is 9.88 Å². The van der Waals surface area contributed by atoms with Crippen molar-refractivity contribution in [3.05, 3.63) is 88.3 Å². The maximum atomic E-state index is 13.2. The molecule has 0 saturated heterocycles. The van der Waals surface area contributed by atoms with Crippen molar-refractivity contribution in [2.75, 3.05) is 5.32 Å². The molecule has 5 nitrogen and oxygen atoms in total. The fourth-order valence-corrected chi connectivity index (χ4v) is 3.60. The summed E-state index contributed by atoms with van der Waals surface area (Å²) in [5.41, 5.74) is 1.86. The molecule has 2 aromatic heterocycles. The number of imide groups is 1. The summed E-state index contributed by atoms with van der Waals surface area (Å²) in [5, 5.41) is 4.85. The highest BCUT2D eigenvalue weighted by Crippen LogP contribution is 2.33. The second-order valence-electron chi connectivity index (χ2n) is 5.91. The second-order valence-corrected chi connectivity index (χ2v) is 6.86. The standard InChI is InChI=1S/C20H14FN3O2S/c21-14-3-5-15(6-4-14)23-18-17(16-2-1-11-27-16)19(25)24(20(18)26)12-13-7-9-22-10-8-13/h1-11,23H,12H2. The van der Waals surface area contributed by atoms with Crippen molar-refractivity contribution in [2.24, 2.45) is 0 Å². The Kier molecular flexibility index (Phi) is 4.52. The molecule has 2 amide bonds. The van der Waals surface area contributed by atoms with Crippen LogP contribution in [0.3, 0.4) is 0 Å². The lowest BCUT2D eigenvalue weighted by molar-refractivity contribution is -0.137. The van der Waals surface area contributed by atoms with Crippen molar-refractivity contribution in [2.45, 2.75) is 6.54 Å². The topological polar surface area (TPSA) is 62.3 Å². The van der Waals surface area contributed by atoms with Crippen LogP contribution in [0.2, 0.25) is 0 Å². The number of nitrogens with one attached hydrogen (secondary N) is 1. The number of amides is 2. The quantitative estimate of drug-likeness (QED) is 0.687. The summed E-state index contributed by atoms with van der Waals surface area (Å²) < 4.78 is 13.2. The Morgan fingerprint density at radius 2 is 1.74 bits per heavy atom. The monoisotopic (exact) mass is 379 g/mol. The third-order valence-corrected chi connectivity index (χ3v) is 5.03. The Balaban J connectivity index is 1.70. The van der Waals surface area contributed by atoms with Crippen LogP contribution in [0.1, 0.15) is 10.4 Å². The summed E-state index contributed by atoms with van der Waals surface area (Å²) in [6.45, 7) is 0.156. The molecular formula is C20H14FN3O2S. The zero-order valence-corrected chi connectivity index (χ0v) is 14.9. The lowest BCUT2D eigenvalue weighted by atomic mass is 10.2. The van der Waals surface area contributed by atoms with Gasteiger partial charge in [-0.05, 0) is 53.4 Å². The minimum absolute atomic E-state index is 0.156. The van der Waals surface area contributed by atoms with Gasteiger partial charge in [0, 0.05) is 23.0 Å². The van der Waals surface area contributed by atoms with E-state index in [2.05, 4.69) is 10.3 Å². The minimum Gasteiger partial charge on any atom is -0.350 e. The van der Waals surface area contributed by atoms with Crippen molar-refractivity contribution in [3.63, 3.8) is 0 Å². The third-order valence-electron chi connectivity index (χ3n) is 4.14. The van der Waals surface area contributed by atoms with Gasteiger partial charge >= 0.3 is 0 Å². The molecule has 0 fully saturated rings. The largest absolute Gasteiger partial charge is 0.350 e. The molecule has 0 atom stereocenters. The van der Waals surface area contributed by atoms with Gasteiger partial charge in [-0.15, -0.1) is 11.3 Å². The van der Waals surface area contributed by atoms with Gasteiger partial charge in [-0.2, -0.15) is 0 Å². The number of halogens is 1. The van der Waals surface area contributed by atoms with E-state index in [9.17, 15) is 14.0 Å². The molecule has 3 heterocycles. The SMILES string of the molecule is O=C1C(Nc2ccc(F)cc2)=C(c2cccs2)C(=O)N1Cc1ccncc1. The number of rotatable bonds is 5. The van der Waals surface area contributed by atoms with Gasteiger partial charge in [-0.1, -0.05) is 6.07 Å². The summed E-state index contributed by atoms with van der Waals surface area (Å²) >= 11 is 1.38. The van der Waals surface area contributed by atoms with Gasteiger partial charge in [0.25, 0.3) is 11.8 Å². The number of hydrogen-bond acceptors (Lipinski definition) is 5. The summed E-state index contributed by atoms with van der Waals surface area (Å²) in [7, 11) is 0. The van der Waals surface area contributed by atoms with Crippen LogP contribution < -0.4 is 5.32 Å². The zero-order valence-electron chi connectivity index (χ0n) is 14.1. The Hall–Kier alpha value is -3.32. The Labute approximate surface area is 158 Å². The predicted octanol–water partition coefficient (Wildman–Crippen LogP) is 3.67. The molecule has 27 heavy (non-hydrogen) atoms. The molecule has 1 N–H and O–H groups in total. The number of anilines is 1. The minimum atomic E-state index is -0.412. The number of hydrogen-bond donors (Lipinski definition) is 1. The first-order valence-electron chi connectivity index (χ1n) is 8.19. The molecule has 7 heteroatoms. The van der Waals surface area contributed by atoms with Crippen LogP contribution in [0.4, 0.5) is 10.1 Å². The number of carbonyl (C=O) groups is 2. The van der Waals surface area contributed by atoms with Crippen LogP contribution in [-0.2, 0) is 16.1 Å². The fraction of sp³-hybridized carbons (Fsp3) is 0.0500. The van der Waals surface area contributed by atoms with Crippen molar-refractivity contribution in [1.29, 1.82) is 0 Å². The van der Waals surface area contributed by atoms with Gasteiger partial charge in [-0.25, -0.2) is 4.39 Å². The molecule has 4 rings (SSSR count). The van der Waals surface area contributed by atoms with Crippen LogP contribution in [0, 0.1) is 5.82 Å². The lowest BCUT2D eigenvalue weighted by Gasteiger charge is -2.15. The first-order chi connectivity index (χ1) is 13.1. The highest BCUT2D eigenvalue weighted by molar-refractivity contribution is 7.11. The molecule has 0 aliphatic carbocycles. The number of pyridine rings is 1. The van der Waals surface area contributed by atoms with E-state index in [0.717, 1.165) is 5.56 Å². The molecule has 3 aromatic rings. The molecule has 0 bridgehead atoms. The van der Waals surface area contributed by atoms with E-state index in [1.54, 1.807) is 30.6 Å². The Morgan fingerprint density at radius 1 is 1.00 bits per heavy atom. The molecule has 1 aromatic carbocycles. The van der Waals surface area contributed by atoms with E-state index in [0.29, 0.717) is 16.1 Å². The first kappa shape index (κ1) is 17.1. The highest BCUT2D eigenvalue weighted by Gasteiger charge is 2.39. The van der Waals surface area contributed by atoms with Crippen molar-refractivity contribution < 1.29 is 14.0 Å². The van der Waals surface area contributed by atoms with Crippen molar-refractivity contribution in [3.8, 4) is 0 Å². The van der Waals surface area contributed by atoms with Gasteiger partial charge in [0.15, 0.2) is 0 Å². The van der Waals surface area contributed by atoms with Crippen LogP contribution in [0.15, 0.2) is 72.0 Å². The van der Waals surface area contributed by atoms with Gasteiger partial charge in [0.1, 0.15) is 11.5 Å². The van der Waals surface area contributed by atoms with Crippen LogP contribution >= 0.6 is 11.3 Å². The maximum Gasteiger partial charge on any atom is 0.278 e. The molecule has 1 aliphatic rings. The number of carbonyl (C=O) groups excluding carboxylic acids is 2. The molecule has 0 radical (unpaired) electrons. The van der Waals surface area contributed by atoms with Gasteiger partial charge in [0.2, 0.25) is 0 Å². The van der Waals surface area contributed by atoms with Gasteiger partial charge in [0.05, 0.1) is 12.1 Å². The van der Waals surface area contributed by atoms with Gasteiger partial charge in [-0.3, -0.25) is 19.5 Å². The average Bonchev–Trinajstić information content (AvgIpc) is 3.28. The van der Waals surface area contributed by atoms with E-state index in [-0.39, 0.29) is 24.0 Å². The number of benzene rings is 1. The average molecular weight is 379 g/mol. The summed E-state index contributed by atoms with van der Waals surface area (Å²) in [4.78, 5) is 31.9. The summed E-state index contributed by atoms with van der Waals surface area (Å²) in [5.74, 6) is -1.14. The van der Waals surface area contributed by atoms with E-state index in [1.165, 1.54) is 40.5 Å². The Bertz CT molecular complexity index is 1020. The highest BCUT2D eigenvalue weighted by atomic mass is 32.1. The molecule has 0 spiro atoms. The number of thiophene rings is 1. The predicted molar refractivity (Wildman–Crippen MR) is 101 cm³/mol. The normalized spacial score (nSPS) is 14.2. The molecular weight excluding hydrogens is 365 g/mol. The third kappa shape index (κ3) is 3.37. The fourth-order valence-electron chi connectivity index (χ4n) is 2.83. The summed E-state index contributed by atoms with van der Waals surface area (Å²) in [6, 6.07) is 12.8. The molecule has 0 saturated carbocycles. The van der Waals surface area contributed by atoms with Crippen LogP contribution in [0.25, 0.3) is 5.57 Å². The number of nitrogens with zero attached hydrogens (tertiary/aromatic N) is 2. The zero-order chi connectivity index (χ0) is 18.8. The van der Waals surface area contributed by atoms with Gasteiger partial charge < -0.3 is 5.32 Å². The smallest absolute Gasteiger partial charge is 0.278 e. The number of aromatic nitrogens is 1. The van der Waals surface area contributed by atoms with E-state index in [4.69, 9.17) is 0 Å². The Morgan fingerprint density at radius 3 is 2.41 bits per heavy atom. The van der Waals surface area contributed by atoms with Crippen LogP contribution in [0.5, 0.6) is 0 Å². The molecule has 1 aliphatic heterocycles. The lowest BCUT2D eigenvalue weighted by Crippen LogP contribution is -2.31. The first-order valence-corrected chi connectivity index (χ1v) is 9.07. The maximum absolute atomic E-state index is 13.2. The van der Waals surface area contributed by atoms with Crippen LogP contribution in [-0.4, -0.2) is 21.7 Å². The van der Waals surface area contributed by atoms with E-state index >= 15 is 0 Å².